The summed E-state index contributed by atoms with van der Waals surface area (Å²) in [6.07, 6.45) is 0. The molecule has 1 amide bonds. The molecule has 2 aromatic rings. The molecule has 2 fully saturated rings. The van der Waals surface area contributed by atoms with Crippen molar-refractivity contribution < 1.29 is 9.32 Å². The van der Waals surface area contributed by atoms with Gasteiger partial charge in [0.25, 0.3) is 0 Å². The Morgan fingerprint density at radius 3 is 3.08 bits per heavy atom. The van der Waals surface area contributed by atoms with Crippen LogP contribution in [0.5, 0.6) is 0 Å². The first-order valence-corrected chi connectivity index (χ1v) is 7.99. The lowest BCUT2D eigenvalue weighted by molar-refractivity contribution is -0.126. The first kappa shape index (κ1) is 14.9. The van der Waals surface area contributed by atoms with Gasteiger partial charge in [-0.25, -0.2) is 0 Å². The number of nitrogens with zero attached hydrogens (tertiary/aromatic N) is 4. The van der Waals surface area contributed by atoms with E-state index in [1.54, 1.807) is 29.2 Å². The van der Waals surface area contributed by atoms with E-state index in [0.29, 0.717) is 30.2 Å². The van der Waals surface area contributed by atoms with Crippen LogP contribution in [-0.2, 0) is 4.79 Å². The van der Waals surface area contributed by atoms with E-state index in [2.05, 4.69) is 21.4 Å². The number of nitrogens with one attached hydrogen (secondary N) is 1. The Morgan fingerprint density at radius 2 is 2.21 bits per heavy atom. The number of rotatable bonds is 2. The topological polar surface area (TPSA) is 85.4 Å². The smallest absolute Gasteiger partial charge is 0.246 e. The second kappa shape index (κ2) is 6.07. The Labute approximate surface area is 139 Å². The third kappa shape index (κ3) is 2.56. The molecule has 3 heterocycles. The average Bonchev–Trinajstić information content (AvgIpc) is 3.12. The van der Waals surface area contributed by atoms with Crippen molar-refractivity contribution in [3.63, 3.8) is 0 Å². The molecular formula is C17H17N5O2. The van der Waals surface area contributed by atoms with Crippen LogP contribution < -0.4 is 10.2 Å². The van der Waals surface area contributed by atoms with E-state index in [1.165, 1.54) is 0 Å². The molecule has 0 aliphatic carbocycles. The normalized spacial score (nSPS) is 21.4. The number of carbonyl (C=O) groups excluding carboxylic acids is 1. The highest BCUT2D eigenvalue weighted by atomic mass is 16.5. The summed E-state index contributed by atoms with van der Waals surface area (Å²) in [5.41, 5.74) is 1.33. The van der Waals surface area contributed by atoms with Crippen molar-refractivity contribution in [2.75, 3.05) is 37.6 Å². The fourth-order valence-corrected chi connectivity index (χ4v) is 3.27. The van der Waals surface area contributed by atoms with E-state index >= 15 is 0 Å². The highest BCUT2D eigenvalue weighted by molar-refractivity contribution is 5.97. The number of hydrogen-bond acceptors (Lipinski definition) is 6. The van der Waals surface area contributed by atoms with Crippen LogP contribution in [-0.4, -0.2) is 54.7 Å². The number of piperazine rings is 2. The van der Waals surface area contributed by atoms with Gasteiger partial charge in [0.2, 0.25) is 5.91 Å². The Balaban J connectivity index is 1.58. The SMILES string of the molecule is N#Cc1cccc(-c2cc(N3CCN4CCNC[C@H]4C3=O)no2)c1. The summed E-state index contributed by atoms with van der Waals surface area (Å²) >= 11 is 0. The van der Waals surface area contributed by atoms with Crippen molar-refractivity contribution in [3.05, 3.63) is 35.9 Å². The maximum Gasteiger partial charge on any atom is 0.246 e. The Hall–Kier alpha value is -2.69. The maximum absolute atomic E-state index is 12.7. The Bertz CT molecular complexity index is 809. The predicted molar refractivity (Wildman–Crippen MR) is 87.2 cm³/mol. The van der Waals surface area contributed by atoms with E-state index in [-0.39, 0.29) is 11.9 Å². The molecule has 2 saturated heterocycles. The van der Waals surface area contributed by atoms with Crippen molar-refractivity contribution in [1.29, 1.82) is 5.26 Å². The van der Waals surface area contributed by atoms with Gasteiger partial charge in [-0.05, 0) is 12.1 Å². The van der Waals surface area contributed by atoms with Crippen LogP contribution in [0.25, 0.3) is 11.3 Å². The van der Waals surface area contributed by atoms with Crippen LogP contribution in [0, 0.1) is 11.3 Å². The molecule has 24 heavy (non-hydrogen) atoms. The number of anilines is 1. The van der Waals surface area contributed by atoms with Crippen molar-refractivity contribution in [2.24, 2.45) is 0 Å². The highest BCUT2D eigenvalue weighted by Crippen LogP contribution is 2.27. The van der Waals surface area contributed by atoms with E-state index in [0.717, 1.165) is 25.2 Å². The summed E-state index contributed by atoms with van der Waals surface area (Å²) in [7, 11) is 0. The van der Waals surface area contributed by atoms with Crippen LogP contribution in [0.4, 0.5) is 5.82 Å². The molecule has 2 aliphatic rings. The van der Waals surface area contributed by atoms with Crippen LogP contribution in [0.15, 0.2) is 34.9 Å². The van der Waals surface area contributed by atoms with Gasteiger partial charge in [-0.2, -0.15) is 5.26 Å². The number of nitriles is 1. The minimum atomic E-state index is -0.130. The second-order valence-electron chi connectivity index (χ2n) is 5.99. The zero-order valence-corrected chi connectivity index (χ0v) is 13.1. The largest absolute Gasteiger partial charge is 0.354 e. The number of amides is 1. The lowest BCUT2D eigenvalue weighted by atomic mass is 10.1. The molecule has 0 radical (unpaired) electrons. The molecule has 0 spiro atoms. The summed E-state index contributed by atoms with van der Waals surface area (Å²) in [6.45, 7) is 3.94. The van der Waals surface area contributed by atoms with E-state index in [4.69, 9.17) is 9.78 Å². The summed E-state index contributed by atoms with van der Waals surface area (Å²) in [6, 6.07) is 10.9. The summed E-state index contributed by atoms with van der Waals surface area (Å²) in [5, 5.41) is 16.3. The maximum atomic E-state index is 12.7. The van der Waals surface area contributed by atoms with E-state index in [9.17, 15) is 4.79 Å². The monoisotopic (exact) mass is 323 g/mol. The fourth-order valence-electron chi connectivity index (χ4n) is 3.27. The predicted octanol–water partition coefficient (Wildman–Crippen LogP) is 0.834. The minimum absolute atomic E-state index is 0.0547. The quantitative estimate of drug-likeness (QED) is 0.881. The zero-order chi connectivity index (χ0) is 16.5. The average molecular weight is 323 g/mol. The van der Waals surface area contributed by atoms with E-state index in [1.807, 2.05) is 6.07 Å². The van der Waals surface area contributed by atoms with Crippen LogP contribution >= 0.6 is 0 Å². The molecule has 1 aromatic heterocycles. The van der Waals surface area contributed by atoms with Gasteiger partial charge in [0.15, 0.2) is 11.6 Å². The van der Waals surface area contributed by atoms with Gasteiger partial charge in [0.1, 0.15) is 6.04 Å². The lowest BCUT2D eigenvalue weighted by Crippen LogP contribution is -2.64. The molecule has 0 unspecified atom stereocenters. The number of benzene rings is 1. The van der Waals surface area contributed by atoms with Crippen molar-refractivity contribution in [1.82, 2.24) is 15.4 Å². The molecule has 2 aliphatic heterocycles. The molecule has 1 aromatic carbocycles. The Kier molecular flexibility index (Phi) is 3.76. The molecule has 7 heteroatoms. The minimum Gasteiger partial charge on any atom is -0.354 e. The van der Waals surface area contributed by atoms with Crippen molar-refractivity contribution >= 4 is 11.7 Å². The van der Waals surface area contributed by atoms with Gasteiger partial charge in [-0.3, -0.25) is 14.6 Å². The third-order valence-corrected chi connectivity index (χ3v) is 4.57. The van der Waals surface area contributed by atoms with Crippen LogP contribution in [0.2, 0.25) is 0 Å². The number of hydrogen-bond donors (Lipinski definition) is 1. The molecule has 7 nitrogen and oxygen atoms in total. The zero-order valence-electron chi connectivity index (χ0n) is 13.1. The molecule has 1 N–H and O–H groups in total. The Morgan fingerprint density at radius 1 is 1.29 bits per heavy atom. The number of fused-ring (bicyclic) bond motifs is 1. The van der Waals surface area contributed by atoms with Gasteiger partial charge in [-0.15, -0.1) is 0 Å². The van der Waals surface area contributed by atoms with Gasteiger partial charge in [-0.1, -0.05) is 17.3 Å². The molecule has 0 bridgehead atoms. The first-order chi connectivity index (χ1) is 11.8. The van der Waals surface area contributed by atoms with Gasteiger partial charge in [0, 0.05) is 44.4 Å². The van der Waals surface area contributed by atoms with Gasteiger partial charge >= 0.3 is 0 Å². The fraction of sp³-hybridized carbons (Fsp3) is 0.353. The molecule has 122 valence electrons. The van der Waals surface area contributed by atoms with Crippen LogP contribution in [0.1, 0.15) is 5.56 Å². The molecule has 4 rings (SSSR count). The van der Waals surface area contributed by atoms with Gasteiger partial charge in [0.05, 0.1) is 11.6 Å². The highest BCUT2D eigenvalue weighted by Gasteiger charge is 2.37. The number of aromatic nitrogens is 1. The number of carbonyl (C=O) groups is 1. The van der Waals surface area contributed by atoms with E-state index < -0.39 is 0 Å². The second-order valence-corrected chi connectivity index (χ2v) is 5.99. The van der Waals surface area contributed by atoms with Crippen molar-refractivity contribution in [3.8, 4) is 17.4 Å². The van der Waals surface area contributed by atoms with Gasteiger partial charge < -0.3 is 9.84 Å². The molecular weight excluding hydrogens is 306 g/mol. The summed E-state index contributed by atoms with van der Waals surface area (Å²) in [5.74, 6) is 1.14. The first-order valence-electron chi connectivity index (χ1n) is 7.99. The lowest BCUT2D eigenvalue weighted by Gasteiger charge is -2.42. The third-order valence-electron chi connectivity index (χ3n) is 4.57. The summed E-state index contributed by atoms with van der Waals surface area (Å²) < 4.78 is 5.41. The molecule has 1 atom stereocenters. The standard InChI is InChI=1S/C17H17N5O2/c18-10-12-2-1-3-13(8-12)15-9-16(20-24-15)22-7-6-21-5-4-19-11-14(21)17(22)23/h1-3,8-9,14,19H,4-7,11H2/t14-/m0/s1. The summed E-state index contributed by atoms with van der Waals surface area (Å²) in [4.78, 5) is 16.6. The van der Waals surface area contributed by atoms with Crippen molar-refractivity contribution in [2.45, 2.75) is 6.04 Å². The molecule has 0 saturated carbocycles. The van der Waals surface area contributed by atoms with Crippen LogP contribution in [0.3, 0.4) is 0 Å².